The van der Waals surface area contributed by atoms with Crippen molar-refractivity contribution in [1.29, 1.82) is 0 Å². The first-order valence-corrected chi connectivity index (χ1v) is 5.33. The zero-order valence-electron chi connectivity index (χ0n) is 10.1. The molecule has 0 aliphatic carbocycles. The fraction of sp³-hybridized carbons (Fsp3) is 0.182. The van der Waals surface area contributed by atoms with Gasteiger partial charge in [0, 0.05) is 6.92 Å². The molecular weight excluding hydrogens is 279 g/mol. The van der Waals surface area contributed by atoms with Gasteiger partial charge in [-0.25, -0.2) is 9.78 Å². The van der Waals surface area contributed by atoms with Crippen LogP contribution in [0.2, 0.25) is 0 Å². The number of para-hydroxylation sites is 1. The van der Waals surface area contributed by atoms with E-state index in [4.69, 9.17) is 0 Å². The first-order chi connectivity index (χ1) is 9.30. The molecule has 6 nitrogen and oxygen atoms in total. The number of nitrogens with zero attached hydrogens (tertiary/aromatic N) is 2. The van der Waals surface area contributed by atoms with Gasteiger partial charge in [-0.2, -0.15) is 17.8 Å². The molecule has 106 valence electrons. The fourth-order valence-corrected chi connectivity index (χ4v) is 1.52. The molecule has 0 spiro atoms. The summed E-state index contributed by atoms with van der Waals surface area (Å²) >= 11 is 0. The summed E-state index contributed by atoms with van der Waals surface area (Å²) in [7, 11) is 0. The maximum Gasteiger partial charge on any atom is 0.451 e. The maximum absolute atomic E-state index is 12.9. The molecule has 0 aliphatic rings. The van der Waals surface area contributed by atoms with Gasteiger partial charge in [0.15, 0.2) is 0 Å². The van der Waals surface area contributed by atoms with Crippen molar-refractivity contribution in [3.05, 3.63) is 40.4 Å². The third-order valence-corrected chi connectivity index (χ3v) is 2.31. The molecule has 2 rings (SSSR count). The van der Waals surface area contributed by atoms with Crippen molar-refractivity contribution in [2.24, 2.45) is 0 Å². The molecule has 1 heterocycles. The molecule has 9 heteroatoms. The van der Waals surface area contributed by atoms with Gasteiger partial charge in [-0.3, -0.25) is 4.79 Å². The number of hydrogen-bond donors (Lipinski definition) is 1. The molecule has 2 aromatic rings. The van der Waals surface area contributed by atoms with Crippen LogP contribution in [-0.4, -0.2) is 15.6 Å². The number of hydrogen-bond acceptors (Lipinski definition) is 5. The molecule has 0 saturated heterocycles. The Morgan fingerprint density at radius 1 is 1.35 bits per heavy atom. The van der Waals surface area contributed by atoms with Gasteiger partial charge in [0.1, 0.15) is 0 Å². The van der Waals surface area contributed by atoms with Crippen molar-refractivity contribution in [3.8, 4) is 0 Å². The second-order valence-corrected chi connectivity index (χ2v) is 3.78. The van der Waals surface area contributed by atoms with Crippen LogP contribution in [0, 0.1) is 0 Å². The van der Waals surface area contributed by atoms with Gasteiger partial charge < -0.3 is 4.84 Å². The maximum atomic E-state index is 12.9. The van der Waals surface area contributed by atoms with E-state index >= 15 is 0 Å². The van der Waals surface area contributed by atoms with Gasteiger partial charge >= 0.3 is 12.1 Å². The molecule has 0 atom stereocenters. The normalized spacial score (nSPS) is 11.4. The molecule has 0 unspecified atom stereocenters. The van der Waals surface area contributed by atoms with Gasteiger partial charge in [-0.15, -0.1) is 5.59 Å². The number of halogens is 3. The molecule has 0 fully saturated rings. The molecule has 0 radical (unpaired) electrons. The molecule has 1 aromatic carbocycles. The lowest BCUT2D eigenvalue weighted by molar-refractivity contribution is -0.151. The van der Waals surface area contributed by atoms with Crippen molar-refractivity contribution in [3.63, 3.8) is 0 Å². The summed E-state index contributed by atoms with van der Waals surface area (Å²) < 4.78 is 38.7. The van der Waals surface area contributed by atoms with Gasteiger partial charge in [0.25, 0.3) is 5.56 Å². The van der Waals surface area contributed by atoms with E-state index in [0.29, 0.717) is 0 Å². The summed E-state index contributed by atoms with van der Waals surface area (Å²) in [6.07, 6.45) is -4.89. The van der Waals surface area contributed by atoms with E-state index in [2.05, 4.69) is 9.82 Å². The number of nitrogens with one attached hydrogen (secondary N) is 1. The highest BCUT2D eigenvalue weighted by molar-refractivity contribution is 5.77. The summed E-state index contributed by atoms with van der Waals surface area (Å²) in [5.41, 5.74) is 0.522. The lowest BCUT2D eigenvalue weighted by Gasteiger charge is -2.15. The zero-order valence-corrected chi connectivity index (χ0v) is 10.1. The van der Waals surface area contributed by atoms with Crippen LogP contribution < -0.4 is 11.1 Å². The van der Waals surface area contributed by atoms with Gasteiger partial charge in [-0.1, -0.05) is 12.1 Å². The minimum atomic E-state index is -4.89. The van der Waals surface area contributed by atoms with Gasteiger partial charge in [-0.05, 0) is 12.1 Å². The predicted octanol–water partition coefficient (Wildman–Crippen LogP) is 1.44. The Balaban J connectivity index is 2.70. The van der Waals surface area contributed by atoms with Crippen molar-refractivity contribution in [2.45, 2.75) is 13.1 Å². The van der Waals surface area contributed by atoms with E-state index in [0.717, 1.165) is 6.92 Å². The summed E-state index contributed by atoms with van der Waals surface area (Å²) in [4.78, 5) is 30.2. The minimum Gasteiger partial charge on any atom is -0.328 e. The zero-order chi connectivity index (χ0) is 14.9. The summed E-state index contributed by atoms with van der Waals surface area (Å²) in [6, 6.07) is 5.53. The number of fused-ring (bicyclic) bond motifs is 1. The Labute approximate surface area is 109 Å². The third-order valence-electron chi connectivity index (χ3n) is 2.31. The van der Waals surface area contributed by atoms with E-state index in [1.54, 1.807) is 5.59 Å². The van der Waals surface area contributed by atoms with Crippen molar-refractivity contribution in [1.82, 2.24) is 9.66 Å². The molecule has 0 aliphatic heterocycles. The Bertz CT molecular complexity index is 724. The van der Waals surface area contributed by atoms with E-state index < -0.39 is 23.5 Å². The van der Waals surface area contributed by atoms with Gasteiger partial charge in [0.2, 0.25) is 5.82 Å². The van der Waals surface area contributed by atoms with Crippen LogP contribution in [0.15, 0.2) is 29.1 Å². The second kappa shape index (κ2) is 4.83. The predicted molar refractivity (Wildman–Crippen MR) is 62.1 cm³/mol. The number of carbonyl (C=O) groups excluding carboxylic acids is 1. The van der Waals surface area contributed by atoms with Crippen LogP contribution in [0.1, 0.15) is 12.7 Å². The Hall–Kier alpha value is -2.58. The van der Waals surface area contributed by atoms with Crippen LogP contribution in [-0.2, 0) is 15.8 Å². The lowest BCUT2D eigenvalue weighted by atomic mass is 10.2. The average Bonchev–Trinajstić information content (AvgIpc) is 2.36. The Morgan fingerprint density at radius 2 is 2.00 bits per heavy atom. The topological polar surface area (TPSA) is 73.2 Å². The van der Waals surface area contributed by atoms with Crippen molar-refractivity contribution in [2.75, 3.05) is 5.59 Å². The number of aromatic nitrogens is 2. The van der Waals surface area contributed by atoms with E-state index in [9.17, 15) is 22.8 Å². The van der Waals surface area contributed by atoms with Crippen molar-refractivity contribution < 1.29 is 22.8 Å². The van der Waals surface area contributed by atoms with Crippen LogP contribution in [0.5, 0.6) is 0 Å². The van der Waals surface area contributed by atoms with E-state index in [1.165, 1.54) is 24.3 Å². The Kier molecular flexibility index (Phi) is 3.35. The van der Waals surface area contributed by atoms with Crippen LogP contribution in [0.25, 0.3) is 10.9 Å². The lowest BCUT2D eigenvalue weighted by Crippen LogP contribution is -2.37. The average molecular weight is 287 g/mol. The SMILES string of the molecule is CC(=O)ONn1c(C(F)(F)F)nc2ccccc2c1=O. The smallest absolute Gasteiger partial charge is 0.328 e. The van der Waals surface area contributed by atoms with Crippen LogP contribution >= 0.6 is 0 Å². The highest BCUT2D eigenvalue weighted by Gasteiger charge is 2.38. The highest BCUT2D eigenvalue weighted by Crippen LogP contribution is 2.27. The molecular formula is C11H8F3N3O3. The van der Waals surface area contributed by atoms with Crippen molar-refractivity contribution >= 4 is 16.9 Å². The summed E-state index contributed by atoms with van der Waals surface area (Å²) in [5, 5.41) is -0.0415. The highest BCUT2D eigenvalue weighted by atomic mass is 19.4. The standard InChI is InChI=1S/C11H8F3N3O3/c1-6(18)20-16-17-9(19)7-4-2-3-5-8(7)15-10(17)11(12,13)14/h2-5,16H,1H3. The third kappa shape index (κ3) is 2.56. The first-order valence-electron chi connectivity index (χ1n) is 5.33. The van der Waals surface area contributed by atoms with Crippen LogP contribution in [0.4, 0.5) is 13.2 Å². The van der Waals surface area contributed by atoms with E-state index in [-0.39, 0.29) is 15.6 Å². The molecule has 0 amide bonds. The Morgan fingerprint density at radius 3 is 2.60 bits per heavy atom. The quantitative estimate of drug-likeness (QED) is 0.846. The molecule has 0 saturated carbocycles. The van der Waals surface area contributed by atoms with E-state index in [1.807, 2.05) is 0 Å². The number of carbonyl (C=O) groups is 1. The molecule has 1 N–H and O–H groups in total. The second-order valence-electron chi connectivity index (χ2n) is 3.78. The molecule has 20 heavy (non-hydrogen) atoms. The molecule has 0 bridgehead atoms. The summed E-state index contributed by atoms with van der Waals surface area (Å²) in [6.45, 7) is 0.972. The van der Waals surface area contributed by atoms with Crippen LogP contribution in [0.3, 0.4) is 0 Å². The number of alkyl halides is 3. The minimum absolute atomic E-state index is 0.0415. The monoisotopic (exact) mass is 287 g/mol. The molecule has 1 aromatic heterocycles. The number of rotatable bonds is 2. The first kappa shape index (κ1) is 13.8. The number of benzene rings is 1. The largest absolute Gasteiger partial charge is 0.451 e. The van der Waals surface area contributed by atoms with Gasteiger partial charge in [0.05, 0.1) is 10.9 Å². The fourth-order valence-electron chi connectivity index (χ4n) is 1.52. The summed E-state index contributed by atoms with van der Waals surface area (Å²) in [5.74, 6) is -2.42.